The molecule has 0 aliphatic carbocycles. The summed E-state index contributed by atoms with van der Waals surface area (Å²) in [5, 5.41) is 10.5. The average molecular weight is 346 g/mol. The molecule has 4 nitrogen and oxygen atoms in total. The van der Waals surface area contributed by atoms with E-state index >= 15 is 0 Å². The molecule has 2 unspecified atom stereocenters. The maximum atomic E-state index is 13.6. The van der Waals surface area contributed by atoms with Crippen LogP contribution in [0.1, 0.15) is 24.0 Å². The monoisotopic (exact) mass is 346 g/mol. The molecule has 1 fully saturated rings. The minimum Gasteiger partial charge on any atom is -0.374 e. The van der Waals surface area contributed by atoms with Crippen LogP contribution in [0.25, 0.3) is 0 Å². The van der Waals surface area contributed by atoms with Gasteiger partial charge in [0.25, 0.3) is 5.97 Å². The first-order valence-corrected chi connectivity index (χ1v) is 8.41. The van der Waals surface area contributed by atoms with E-state index in [0.717, 1.165) is 11.1 Å². The first-order valence-electron chi connectivity index (χ1n) is 8.41. The summed E-state index contributed by atoms with van der Waals surface area (Å²) in [6.07, 6.45) is 0.544. The molecule has 1 N–H and O–H groups in total. The van der Waals surface area contributed by atoms with Crippen molar-refractivity contribution in [1.29, 1.82) is 0 Å². The van der Waals surface area contributed by atoms with Crippen molar-refractivity contribution in [3.63, 3.8) is 0 Å². The molecule has 2 aromatic carbocycles. The number of ether oxygens (including phenoxy) is 3. The lowest BCUT2D eigenvalue weighted by atomic mass is 10.0. The molecule has 0 saturated carbocycles. The first-order chi connectivity index (χ1) is 12.1. The van der Waals surface area contributed by atoms with Crippen LogP contribution in [0.2, 0.25) is 0 Å². The van der Waals surface area contributed by atoms with Crippen LogP contribution in [0, 0.1) is 0 Å². The summed E-state index contributed by atoms with van der Waals surface area (Å²) in [5.74, 6) is -1.78. The van der Waals surface area contributed by atoms with Crippen LogP contribution in [0.15, 0.2) is 60.7 Å². The third-order valence-electron chi connectivity index (χ3n) is 4.30. The van der Waals surface area contributed by atoms with E-state index in [1.54, 1.807) is 0 Å². The van der Waals surface area contributed by atoms with E-state index in [4.69, 9.17) is 14.2 Å². The van der Waals surface area contributed by atoms with Gasteiger partial charge in [-0.25, -0.2) is 4.39 Å². The molecular formula is C20H23FO4. The third kappa shape index (κ3) is 4.86. The Hall–Kier alpha value is -1.79. The Morgan fingerprint density at radius 1 is 0.920 bits per heavy atom. The Balaban J connectivity index is 1.52. The molecule has 3 rings (SSSR count). The summed E-state index contributed by atoms with van der Waals surface area (Å²) in [6.45, 7) is -0.103. The molecule has 0 bridgehead atoms. The van der Waals surface area contributed by atoms with Gasteiger partial charge in [-0.2, -0.15) is 0 Å². The topological polar surface area (TPSA) is 47.9 Å². The van der Waals surface area contributed by atoms with Crippen molar-refractivity contribution in [2.75, 3.05) is 13.3 Å². The number of halogens is 1. The second-order valence-corrected chi connectivity index (χ2v) is 6.38. The summed E-state index contributed by atoms with van der Waals surface area (Å²) >= 11 is 0. The lowest BCUT2D eigenvalue weighted by molar-refractivity contribution is -0.373. The van der Waals surface area contributed by atoms with Gasteiger partial charge in [-0.05, 0) is 17.5 Å². The Labute approximate surface area is 147 Å². The van der Waals surface area contributed by atoms with Gasteiger partial charge in [0.05, 0.1) is 19.8 Å². The minimum atomic E-state index is -1.78. The molecule has 0 spiro atoms. The van der Waals surface area contributed by atoms with Crippen LogP contribution >= 0.6 is 0 Å². The largest absolute Gasteiger partial charge is 0.374 e. The van der Waals surface area contributed by atoms with E-state index in [9.17, 15) is 9.50 Å². The maximum Gasteiger partial charge on any atom is 0.281 e. The molecule has 2 atom stereocenters. The molecular weight excluding hydrogens is 323 g/mol. The molecule has 1 saturated heterocycles. The summed E-state index contributed by atoms with van der Waals surface area (Å²) in [5.41, 5.74) is 0.753. The third-order valence-corrected chi connectivity index (χ3v) is 4.30. The first kappa shape index (κ1) is 18.0. The van der Waals surface area contributed by atoms with E-state index < -0.39 is 18.2 Å². The molecule has 5 heteroatoms. The van der Waals surface area contributed by atoms with Crippen LogP contribution in [0.5, 0.6) is 0 Å². The van der Waals surface area contributed by atoms with Gasteiger partial charge in [-0.3, -0.25) is 0 Å². The number of hydrogen-bond donors (Lipinski definition) is 1. The molecule has 1 heterocycles. The molecule has 134 valence electrons. The zero-order valence-electron chi connectivity index (χ0n) is 14.1. The normalized spacial score (nSPS) is 26.0. The molecule has 1 aliphatic rings. The highest BCUT2D eigenvalue weighted by Crippen LogP contribution is 2.38. The second-order valence-electron chi connectivity index (χ2n) is 6.38. The molecule has 25 heavy (non-hydrogen) atoms. The number of aliphatic hydroxyl groups is 1. The van der Waals surface area contributed by atoms with Crippen LogP contribution in [0.4, 0.5) is 4.39 Å². The zero-order chi connectivity index (χ0) is 17.6. The minimum absolute atomic E-state index is 0.0649. The van der Waals surface area contributed by atoms with Gasteiger partial charge in [0.1, 0.15) is 12.3 Å². The predicted molar refractivity (Wildman–Crippen MR) is 91.3 cm³/mol. The quantitative estimate of drug-likeness (QED) is 0.742. The molecule has 0 amide bonds. The number of benzene rings is 2. The SMILES string of the molecule is OC1(OCc2ccccc2)CCC(CF)(COCc2ccccc2)O1. The van der Waals surface area contributed by atoms with Crippen LogP contribution in [-0.2, 0) is 27.4 Å². The van der Waals surface area contributed by atoms with Crippen molar-refractivity contribution < 1.29 is 23.7 Å². The Kier molecular flexibility index (Phi) is 5.81. The number of hydrogen-bond acceptors (Lipinski definition) is 4. The van der Waals surface area contributed by atoms with Crippen molar-refractivity contribution >= 4 is 0 Å². The Morgan fingerprint density at radius 3 is 2.12 bits per heavy atom. The predicted octanol–water partition coefficient (Wildman–Crippen LogP) is 3.58. The fraction of sp³-hybridized carbons (Fsp3) is 0.400. The van der Waals surface area contributed by atoms with Crippen molar-refractivity contribution in [3.8, 4) is 0 Å². The standard InChI is InChI=1S/C20H23FO4/c21-15-19(16-23-13-17-7-3-1-4-8-17)11-12-20(22,25-19)24-14-18-9-5-2-6-10-18/h1-10,22H,11-16H2. The summed E-state index contributed by atoms with van der Waals surface area (Å²) in [4.78, 5) is 0. The fourth-order valence-corrected chi connectivity index (χ4v) is 2.86. The highest BCUT2D eigenvalue weighted by Gasteiger charge is 2.50. The highest BCUT2D eigenvalue weighted by molar-refractivity contribution is 5.14. The Morgan fingerprint density at radius 2 is 1.52 bits per heavy atom. The highest BCUT2D eigenvalue weighted by atomic mass is 19.1. The van der Waals surface area contributed by atoms with Crippen molar-refractivity contribution in [2.45, 2.75) is 37.6 Å². The fourth-order valence-electron chi connectivity index (χ4n) is 2.86. The summed E-state index contributed by atoms with van der Waals surface area (Å²) in [7, 11) is 0. The second kappa shape index (κ2) is 8.06. The maximum absolute atomic E-state index is 13.6. The van der Waals surface area contributed by atoms with E-state index in [-0.39, 0.29) is 19.6 Å². The van der Waals surface area contributed by atoms with Gasteiger partial charge in [-0.1, -0.05) is 60.7 Å². The van der Waals surface area contributed by atoms with Crippen LogP contribution in [0.3, 0.4) is 0 Å². The molecule has 0 aromatic heterocycles. The van der Waals surface area contributed by atoms with Gasteiger partial charge >= 0.3 is 0 Å². The van der Waals surface area contributed by atoms with Gasteiger partial charge in [0, 0.05) is 6.42 Å². The van der Waals surface area contributed by atoms with Gasteiger partial charge in [0.2, 0.25) is 0 Å². The lowest BCUT2D eigenvalue weighted by Gasteiger charge is -2.29. The summed E-state index contributed by atoms with van der Waals surface area (Å²) in [6, 6.07) is 19.1. The molecule has 1 aliphatic heterocycles. The van der Waals surface area contributed by atoms with E-state index in [1.807, 2.05) is 60.7 Å². The average Bonchev–Trinajstić information content (AvgIpc) is 3.00. The van der Waals surface area contributed by atoms with E-state index in [1.165, 1.54) is 0 Å². The number of alkyl halides is 1. The van der Waals surface area contributed by atoms with Gasteiger partial charge < -0.3 is 19.3 Å². The number of rotatable bonds is 8. The van der Waals surface area contributed by atoms with E-state index in [2.05, 4.69) is 0 Å². The van der Waals surface area contributed by atoms with Crippen molar-refractivity contribution in [3.05, 3.63) is 71.8 Å². The van der Waals surface area contributed by atoms with E-state index in [0.29, 0.717) is 13.0 Å². The summed E-state index contributed by atoms with van der Waals surface area (Å²) < 4.78 is 30.3. The van der Waals surface area contributed by atoms with Gasteiger partial charge in [-0.15, -0.1) is 0 Å². The molecule has 0 radical (unpaired) electrons. The van der Waals surface area contributed by atoms with Crippen molar-refractivity contribution in [1.82, 2.24) is 0 Å². The molecule has 2 aromatic rings. The zero-order valence-corrected chi connectivity index (χ0v) is 14.1. The van der Waals surface area contributed by atoms with Crippen molar-refractivity contribution in [2.24, 2.45) is 0 Å². The van der Waals surface area contributed by atoms with Crippen LogP contribution < -0.4 is 0 Å². The lowest BCUT2D eigenvalue weighted by Crippen LogP contribution is -2.42. The van der Waals surface area contributed by atoms with Gasteiger partial charge in [0.15, 0.2) is 0 Å². The smallest absolute Gasteiger partial charge is 0.281 e. The Bertz CT molecular complexity index is 651. The van der Waals surface area contributed by atoms with Crippen LogP contribution in [-0.4, -0.2) is 30.0 Å².